The second-order valence-corrected chi connectivity index (χ2v) is 9.85. The highest BCUT2D eigenvalue weighted by Crippen LogP contribution is 2.41. The topological polar surface area (TPSA) is 65.3 Å². The molecule has 0 saturated heterocycles. The quantitative estimate of drug-likeness (QED) is 0.224. The summed E-state index contributed by atoms with van der Waals surface area (Å²) in [4.78, 5) is 19.6. The summed E-state index contributed by atoms with van der Waals surface area (Å²) >= 11 is 0. The van der Waals surface area contributed by atoms with E-state index in [0.717, 1.165) is 29.0 Å². The number of hydrogen-bond donors (Lipinski definition) is 0. The van der Waals surface area contributed by atoms with Crippen molar-refractivity contribution in [1.29, 1.82) is 0 Å². The molecule has 1 aliphatic rings. The summed E-state index contributed by atoms with van der Waals surface area (Å²) in [6, 6.07) is 16.6. The lowest BCUT2D eigenvalue weighted by atomic mass is 9.94. The number of aromatic nitrogens is 2. The average molecular weight is 580 g/mol. The van der Waals surface area contributed by atoms with E-state index in [4.69, 9.17) is 14.2 Å². The van der Waals surface area contributed by atoms with E-state index in [9.17, 15) is 18.0 Å². The Balaban J connectivity index is 1.41. The largest absolute Gasteiger partial charge is 0.493 e. The predicted molar refractivity (Wildman–Crippen MR) is 146 cm³/mol. The Morgan fingerprint density at radius 3 is 2.45 bits per heavy atom. The minimum Gasteiger partial charge on any atom is -0.493 e. The van der Waals surface area contributed by atoms with Gasteiger partial charge in [-0.3, -0.25) is 4.79 Å². The van der Waals surface area contributed by atoms with Gasteiger partial charge in [-0.2, -0.15) is 13.2 Å². The second-order valence-electron chi connectivity index (χ2n) is 9.85. The van der Waals surface area contributed by atoms with E-state index in [1.54, 1.807) is 6.07 Å². The number of pyridine rings is 1. The zero-order valence-corrected chi connectivity index (χ0v) is 22.6. The minimum atomic E-state index is -4.56. The molecule has 0 spiro atoms. The number of carbonyl (C=O) groups is 1. The van der Waals surface area contributed by atoms with E-state index in [1.807, 2.05) is 36.4 Å². The Morgan fingerprint density at radius 1 is 0.976 bits per heavy atom. The van der Waals surface area contributed by atoms with Crippen LogP contribution in [0.25, 0.3) is 16.4 Å². The van der Waals surface area contributed by atoms with Gasteiger partial charge in [0.15, 0.2) is 18.1 Å². The van der Waals surface area contributed by atoms with Crippen LogP contribution >= 0.6 is 0 Å². The van der Waals surface area contributed by atoms with Crippen molar-refractivity contribution in [1.82, 2.24) is 14.3 Å². The maximum Gasteiger partial charge on any atom is 0.416 e. The highest BCUT2D eigenvalue weighted by Gasteiger charge is 2.39. The molecule has 2 aromatic heterocycles. The Morgan fingerprint density at radius 2 is 1.71 bits per heavy atom. The minimum absolute atomic E-state index is 0.0439. The molecule has 0 radical (unpaired) electrons. The number of carbonyl (C=O) groups excluding carboxylic acids is 1. The molecule has 42 heavy (non-hydrogen) atoms. The van der Waals surface area contributed by atoms with Crippen LogP contribution < -0.4 is 14.2 Å². The maximum atomic E-state index is 15.7. The van der Waals surface area contributed by atoms with Crippen molar-refractivity contribution < 1.29 is 36.6 Å². The summed E-state index contributed by atoms with van der Waals surface area (Å²) in [7, 11) is 2.78. The first kappa shape index (κ1) is 27.4. The zero-order valence-electron chi connectivity index (χ0n) is 22.6. The Hall–Kier alpha value is -4.80. The van der Waals surface area contributed by atoms with Crippen LogP contribution in [0.15, 0.2) is 72.9 Å². The fourth-order valence-corrected chi connectivity index (χ4v) is 5.41. The van der Waals surface area contributed by atoms with Gasteiger partial charge >= 0.3 is 6.18 Å². The molecule has 0 N–H and O–H groups in total. The van der Waals surface area contributed by atoms with Gasteiger partial charge in [-0.1, -0.05) is 30.3 Å². The molecule has 1 atom stereocenters. The molecule has 1 amide bonds. The number of amides is 1. The van der Waals surface area contributed by atoms with Crippen molar-refractivity contribution in [3.63, 3.8) is 0 Å². The molecule has 1 unspecified atom stereocenters. The van der Waals surface area contributed by atoms with Gasteiger partial charge in [0.1, 0.15) is 23.3 Å². The van der Waals surface area contributed by atoms with Crippen LogP contribution in [-0.2, 0) is 17.4 Å². The third kappa shape index (κ3) is 4.84. The van der Waals surface area contributed by atoms with Gasteiger partial charge in [-0.05, 0) is 41.1 Å². The van der Waals surface area contributed by atoms with Crippen LogP contribution in [0.2, 0.25) is 0 Å². The molecule has 216 valence electrons. The molecule has 6 rings (SSSR count). The van der Waals surface area contributed by atoms with Gasteiger partial charge < -0.3 is 23.5 Å². The van der Waals surface area contributed by atoms with Gasteiger partial charge in [-0.15, -0.1) is 0 Å². The van der Waals surface area contributed by atoms with Crippen molar-refractivity contribution in [2.75, 3.05) is 27.4 Å². The van der Waals surface area contributed by atoms with Crippen molar-refractivity contribution >= 4 is 22.3 Å². The normalized spacial score (nSPS) is 15.1. The summed E-state index contributed by atoms with van der Waals surface area (Å²) < 4.78 is 74.0. The van der Waals surface area contributed by atoms with Crippen LogP contribution in [0, 0.1) is 5.82 Å². The van der Waals surface area contributed by atoms with Crippen molar-refractivity contribution in [3.8, 4) is 17.2 Å². The predicted octanol–water partition coefficient (Wildman–Crippen LogP) is 6.22. The number of benzene rings is 3. The number of rotatable bonds is 6. The van der Waals surface area contributed by atoms with E-state index in [-0.39, 0.29) is 42.3 Å². The Kier molecular flexibility index (Phi) is 6.88. The SMILES string of the molecule is COc1cc(F)c(C2c3c(nc4cc(C(F)(F)F)ccn34)CCN2C(=O)COc2ccc3ccccc3c2)cc1OC. The van der Waals surface area contributed by atoms with Gasteiger partial charge in [0, 0.05) is 30.8 Å². The standard InChI is InChI=1S/C31H25F4N3O4/c1-40-25-15-22(23(32)16-26(25)41-2)29-30-24(36-27-14-20(31(33,34)35)9-11-37(27)30)10-12-38(29)28(39)17-42-21-8-7-18-5-3-4-6-19(18)13-21/h3-9,11,13-16,29H,10,12,17H2,1-2H3. The maximum absolute atomic E-state index is 15.7. The first-order chi connectivity index (χ1) is 20.2. The lowest BCUT2D eigenvalue weighted by molar-refractivity contribution is -0.137. The first-order valence-corrected chi connectivity index (χ1v) is 13.1. The van der Waals surface area contributed by atoms with Crippen molar-refractivity contribution in [2.24, 2.45) is 0 Å². The lowest BCUT2D eigenvalue weighted by Crippen LogP contribution is -2.43. The van der Waals surface area contributed by atoms with Crippen LogP contribution in [0.4, 0.5) is 17.6 Å². The zero-order chi connectivity index (χ0) is 29.6. The van der Waals surface area contributed by atoms with Gasteiger partial charge in [0.2, 0.25) is 0 Å². The monoisotopic (exact) mass is 579 g/mol. The van der Waals surface area contributed by atoms with Crippen LogP contribution in [0.3, 0.4) is 0 Å². The lowest BCUT2D eigenvalue weighted by Gasteiger charge is -2.36. The van der Waals surface area contributed by atoms with Crippen molar-refractivity contribution in [3.05, 3.63) is 101 Å². The highest BCUT2D eigenvalue weighted by atomic mass is 19.4. The number of imidazole rings is 1. The fourth-order valence-electron chi connectivity index (χ4n) is 5.41. The average Bonchev–Trinajstić information content (AvgIpc) is 3.37. The number of methoxy groups -OCH3 is 2. The molecule has 3 heterocycles. The molecule has 0 fully saturated rings. The summed E-state index contributed by atoms with van der Waals surface area (Å²) in [5.74, 6) is -0.243. The Bertz CT molecular complexity index is 1820. The second kappa shape index (κ2) is 10.6. The third-order valence-corrected chi connectivity index (χ3v) is 7.43. The molecule has 7 nitrogen and oxygen atoms in total. The van der Waals surface area contributed by atoms with Crippen LogP contribution in [0.1, 0.15) is 28.6 Å². The first-order valence-electron chi connectivity index (χ1n) is 13.1. The molecule has 1 aliphatic heterocycles. The fraction of sp³-hybridized carbons (Fsp3) is 0.226. The number of alkyl halides is 3. The molecule has 3 aromatic carbocycles. The number of halogens is 4. The number of nitrogens with zero attached hydrogens (tertiary/aromatic N) is 3. The molecular weight excluding hydrogens is 554 g/mol. The van der Waals surface area contributed by atoms with E-state index in [1.165, 1.54) is 35.8 Å². The van der Waals surface area contributed by atoms with Crippen molar-refractivity contribution in [2.45, 2.75) is 18.6 Å². The summed E-state index contributed by atoms with van der Waals surface area (Å²) in [5, 5.41) is 1.96. The van der Waals surface area contributed by atoms with E-state index >= 15 is 4.39 Å². The molecule has 0 bridgehead atoms. The van der Waals surface area contributed by atoms with Crippen LogP contribution in [0.5, 0.6) is 17.2 Å². The summed E-state index contributed by atoms with van der Waals surface area (Å²) in [6.45, 7) is -0.199. The van der Waals surface area contributed by atoms with Gasteiger partial charge in [0.05, 0.1) is 31.2 Å². The highest BCUT2D eigenvalue weighted by molar-refractivity contribution is 5.84. The Labute approximate surface area is 237 Å². The molecule has 11 heteroatoms. The van der Waals surface area contributed by atoms with E-state index in [0.29, 0.717) is 17.1 Å². The number of fused-ring (bicyclic) bond motifs is 4. The molecule has 0 aliphatic carbocycles. The summed E-state index contributed by atoms with van der Waals surface area (Å²) in [6.07, 6.45) is -3.06. The van der Waals surface area contributed by atoms with Gasteiger partial charge in [-0.25, -0.2) is 9.37 Å². The molecule has 0 saturated carbocycles. The summed E-state index contributed by atoms with van der Waals surface area (Å²) in [5.41, 5.74) is 0.114. The van der Waals surface area contributed by atoms with Crippen LogP contribution in [-0.4, -0.2) is 47.6 Å². The van der Waals surface area contributed by atoms with E-state index in [2.05, 4.69) is 4.98 Å². The molecular formula is C31H25F4N3O4. The number of hydrogen-bond acceptors (Lipinski definition) is 5. The number of ether oxygens (including phenoxy) is 3. The van der Waals surface area contributed by atoms with E-state index < -0.39 is 29.5 Å². The third-order valence-electron chi connectivity index (χ3n) is 7.43. The smallest absolute Gasteiger partial charge is 0.416 e. The molecule has 5 aromatic rings. The van der Waals surface area contributed by atoms with Gasteiger partial charge in [0.25, 0.3) is 5.91 Å².